The van der Waals surface area contributed by atoms with Crippen molar-refractivity contribution >= 4 is 23.2 Å². The first-order chi connectivity index (χ1) is 9.63. The van der Waals surface area contributed by atoms with E-state index in [0.717, 1.165) is 32.4 Å². The molecule has 0 aliphatic carbocycles. The van der Waals surface area contributed by atoms with Crippen molar-refractivity contribution in [2.45, 2.75) is 31.7 Å². The lowest BCUT2D eigenvalue weighted by Gasteiger charge is -2.31. The molecule has 0 spiro atoms. The topological polar surface area (TPSA) is 75.4 Å². The van der Waals surface area contributed by atoms with Gasteiger partial charge in [0.2, 0.25) is 11.8 Å². The molecule has 20 heavy (non-hydrogen) atoms. The van der Waals surface area contributed by atoms with Gasteiger partial charge in [0.15, 0.2) is 0 Å². The number of aryl methyl sites for hydroxylation is 1. The Morgan fingerprint density at radius 2 is 2.15 bits per heavy atom. The van der Waals surface area contributed by atoms with Crippen LogP contribution in [0.1, 0.15) is 24.8 Å². The summed E-state index contributed by atoms with van der Waals surface area (Å²) in [4.78, 5) is 24.7. The van der Waals surface area contributed by atoms with Gasteiger partial charge in [-0.2, -0.15) is 11.3 Å². The second-order valence-corrected chi connectivity index (χ2v) is 6.00. The minimum Gasteiger partial charge on any atom is -0.369 e. The van der Waals surface area contributed by atoms with Gasteiger partial charge in [-0.1, -0.05) is 0 Å². The fourth-order valence-corrected chi connectivity index (χ4v) is 3.15. The van der Waals surface area contributed by atoms with Crippen LogP contribution in [-0.2, 0) is 16.0 Å². The Hall–Kier alpha value is -1.40. The van der Waals surface area contributed by atoms with E-state index in [2.05, 4.69) is 16.8 Å². The summed E-state index contributed by atoms with van der Waals surface area (Å²) in [6.45, 7) is 1.95. The Kier molecular flexibility index (Phi) is 5.55. The van der Waals surface area contributed by atoms with E-state index in [4.69, 9.17) is 5.73 Å². The third-order valence-corrected chi connectivity index (χ3v) is 4.29. The maximum absolute atomic E-state index is 11.9. The van der Waals surface area contributed by atoms with Crippen LogP contribution in [0.2, 0.25) is 0 Å². The fourth-order valence-electron chi connectivity index (χ4n) is 2.45. The number of carbonyl (C=O) groups is 2. The molecule has 2 amide bonds. The van der Waals surface area contributed by atoms with Crippen LogP contribution in [-0.4, -0.2) is 42.4 Å². The predicted molar refractivity (Wildman–Crippen MR) is 79.4 cm³/mol. The average molecular weight is 295 g/mol. The summed E-state index contributed by atoms with van der Waals surface area (Å²) in [5, 5.41) is 7.19. The minimum absolute atomic E-state index is 0.115. The molecule has 2 heterocycles. The van der Waals surface area contributed by atoms with E-state index in [1.54, 1.807) is 11.3 Å². The van der Waals surface area contributed by atoms with Crippen LogP contribution in [0.3, 0.4) is 0 Å². The molecule has 0 unspecified atom stereocenters. The van der Waals surface area contributed by atoms with Gasteiger partial charge in [-0.15, -0.1) is 0 Å². The zero-order valence-electron chi connectivity index (χ0n) is 11.5. The van der Waals surface area contributed by atoms with Crippen molar-refractivity contribution in [1.29, 1.82) is 0 Å². The number of piperidine rings is 1. The van der Waals surface area contributed by atoms with E-state index < -0.39 is 0 Å². The van der Waals surface area contributed by atoms with Crippen LogP contribution in [0.25, 0.3) is 0 Å². The smallest absolute Gasteiger partial charge is 0.231 e. The molecule has 0 saturated carbocycles. The number of amides is 2. The Balaban J connectivity index is 1.64. The van der Waals surface area contributed by atoms with Gasteiger partial charge in [-0.25, -0.2) is 0 Å². The summed E-state index contributed by atoms with van der Waals surface area (Å²) in [6.07, 6.45) is 3.11. The molecule has 3 N–H and O–H groups in total. The molecule has 2 rings (SSSR count). The lowest BCUT2D eigenvalue weighted by Crippen LogP contribution is -2.46. The average Bonchev–Trinajstić information content (AvgIpc) is 2.91. The summed E-state index contributed by atoms with van der Waals surface area (Å²) >= 11 is 1.66. The minimum atomic E-state index is -0.289. The first kappa shape index (κ1) is 15.0. The van der Waals surface area contributed by atoms with Crippen molar-refractivity contribution in [3.8, 4) is 0 Å². The maximum atomic E-state index is 11.9. The first-order valence-electron chi connectivity index (χ1n) is 6.94. The number of hydrogen-bond acceptors (Lipinski definition) is 4. The Morgan fingerprint density at radius 1 is 1.40 bits per heavy atom. The van der Waals surface area contributed by atoms with Crippen molar-refractivity contribution in [3.63, 3.8) is 0 Å². The number of thiophene rings is 1. The number of nitrogens with two attached hydrogens (primary N) is 1. The van der Waals surface area contributed by atoms with Crippen molar-refractivity contribution in [3.05, 3.63) is 22.4 Å². The second-order valence-electron chi connectivity index (χ2n) is 5.22. The molecule has 1 aromatic rings. The van der Waals surface area contributed by atoms with Gasteiger partial charge < -0.3 is 11.1 Å². The van der Waals surface area contributed by atoms with Crippen LogP contribution >= 0.6 is 11.3 Å². The highest BCUT2D eigenvalue weighted by molar-refractivity contribution is 7.07. The fraction of sp³-hybridized carbons (Fsp3) is 0.571. The molecule has 1 aromatic heterocycles. The Labute approximate surface area is 123 Å². The summed E-state index contributed by atoms with van der Waals surface area (Å²) in [5.74, 6) is -0.173. The van der Waals surface area contributed by atoms with Gasteiger partial charge in [0.25, 0.3) is 0 Å². The molecule has 110 valence electrons. The molecular formula is C14H21N3O2S. The highest BCUT2D eigenvalue weighted by Crippen LogP contribution is 2.11. The van der Waals surface area contributed by atoms with Crippen LogP contribution in [0.4, 0.5) is 0 Å². The van der Waals surface area contributed by atoms with Crippen LogP contribution in [0.15, 0.2) is 16.8 Å². The SMILES string of the molecule is NC(=O)CN1CCC(NC(=O)CCc2ccsc2)CC1. The largest absolute Gasteiger partial charge is 0.369 e. The number of likely N-dealkylation sites (tertiary alicyclic amines) is 1. The highest BCUT2D eigenvalue weighted by Gasteiger charge is 2.21. The van der Waals surface area contributed by atoms with E-state index in [9.17, 15) is 9.59 Å². The van der Waals surface area contributed by atoms with E-state index >= 15 is 0 Å². The summed E-state index contributed by atoms with van der Waals surface area (Å²) in [7, 11) is 0. The third kappa shape index (κ3) is 4.94. The van der Waals surface area contributed by atoms with Crippen LogP contribution in [0.5, 0.6) is 0 Å². The van der Waals surface area contributed by atoms with Gasteiger partial charge >= 0.3 is 0 Å². The number of nitrogens with one attached hydrogen (secondary N) is 1. The van der Waals surface area contributed by atoms with Crippen molar-refractivity contribution < 1.29 is 9.59 Å². The number of hydrogen-bond donors (Lipinski definition) is 2. The van der Waals surface area contributed by atoms with Gasteiger partial charge in [0.05, 0.1) is 6.54 Å². The number of nitrogens with zero attached hydrogens (tertiary/aromatic N) is 1. The zero-order chi connectivity index (χ0) is 14.4. The van der Waals surface area contributed by atoms with Gasteiger partial charge in [0.1, 0.15) is 0 Å². The van der Waals surface area contributed by atoms with Crippen LogP contribution < -0.4 is 11.1 Å². The summed E-state index contributed by atoms with van der Waals surface area (Å²) < 4.78 is 0. The van der Waals surface area contributed by atoms with Gasteiger partial charge in [-0.05, 0) is 41.7 Å². The molecule has 6 heteroatoms. The lowest BCUT2D eigenvalue weighted by atomic mass is 10.0. The highest BCUT2D eigenvalue weighted by atomic mass is 32.1. The van der Waals surface area contributed by atoms with Gasteiger partial charge in [0, 0.05) is 25.6 Å². The quantitative estimate of drug-likeness (QED) is 0.813. The number of rotatable bonds is 6. The molecular weight excluding hydrogens is 274 g/mol. The molecule has 1 aliphatic heterocycles. The van der Waals surface area contributed by atoms with Crippen molar-refractivity contribution in [1.82, 2.24) is 10.2 Å². The third-order valence-electron chi connectivity index (χ3n) is 3.55. The Morgan fingerprint density at radius 3 is 2.75 bits per heavy atom. The predicted octanol–water partition coefficient (Wildman–Crippen LogP) is 0.747. The monoisotopic (exact) mass is 295 g/mol. The van der Waals surface area contributed by atoms with Gasteiger partial charge in [-0.3, -0.25) is 14.5 Å². The number of carbonyl (C=O) groups excluding carboxylic acids is 2. The van der Waals surface area contributed by atoms with E-state index in [1.165, 1.54) is 5.56 Å². The second kappa shape index (κ2) is 7.40. The maximum Gasteiger partial charge on any atom is 0.231 e. The molecule has 0 aromatic carbocycles. The molecule has 1 saturated heterocycles. The molecule has 5 nitrogen and oxygen atoms in total. The van der Waals surface area contributed by atoms with Crippen LogP contribution in [0, 0.1) is 0 Å². The molecule has 0 radical (unpaired) electrons. The first-order valence-corrected chi connectivity index (χ1v) is 7.89. The summed E-state index contributed by atoms with van der Waals surface area (Å²) in [6, 6.07) is 2.29. The van der Waals surface area contributed by atoms with E-state index in [-0.39, 0.29) is 17.9 Å². The Bertz CT molecular complexity index is 439. The normalized spacial score (nSPS) is 17.0. The lowest BCUT2D eigenvalue weighted by molar-refractivity contribution is -0.123. The number of primary amides is 1. The molecule has 0 bridgehead atoms. The molecule has 0 atom stereocenters. The molecule has 1 fully saturated rings. The standard InChI is InChI=1S/C14H21N3O2S/c15-13(18)9-17-6-3-12(4-7-17)16-14(19)2-1-11-5-8-20-10-11/h5,8,10,12H,1-4,6-7,9H2,(H2,15,18)(H,16,19). The summed E-state index contributed by atoms with van der Waals surface area (Å²) in [5.41, 5.74) is 6.40. The van der Waals surface area contributed by atoms with E-state index in [1.807, 2.05) is 10.3 Å². The van der Waals surface area contributed by atoms with E-state index in [0.29, 0.717) is 13.0 Å². The van der Waals surface area contributed by atoms with Crippen molar-refractivity contribution in [2.75, 3.05) is 19.6 Å². The molecule has 1 aliphatic rings. The zero-order valence-corrected chi connectivity index (χ0v) is 12.3. The van der Waals surface area contributed by atoms with Crippen molar-refractivity contribution in [2.24, 2.45) is 5.73 Å².